The molecule has 46 heavy (non-hydrogen) atoms. The lowest BCUT2D eigenvalue weighted by molar-refractivity contribution is -0.147. The van der Waals surface area contributed by atoms with Gasteiger partial charge in [0.05, 0.1) is 12.5 Å². The molecule has 0 aliphatic carbocycles. The minimum Gasteiger partial charge on any atom is -0.481 e. The Balaban J connectivity index is 5.99. The molecule has 0 aromatic rings. The molecule has 0 saturated heterocycles. The monoisotopic (exact) mass is 659 g/mol. The van der Waals surface area contributed by atoms with E-state index in [-0.39, 0.29) is 50.5 Å². The van der Waals surface area contributed by atoms with Crippen LogP contribution in [0.25, 0.3) is 0 Å². The first-order valence-corrected chi connectivity index (χ1v) is 14.9. The first-order valence-electron chi connectivity index (χ1n) is 14.9. The molecule has 0 unspecified atom stereocenters. The van der Waals surface area contributed by atoms with E-state index in [4.69, 9.17) is 32.8 Å². The van der Waals surface area contributed by atoms with Gasteiger partial charge >= 0.3 is 17.9 Å². The van der Waals surface area contributed by atoms with Crippen molar-refractivity contribution in [1.82, 2.24) is 26.6 Å². The highest BCUT2D eigenvalue weighted by Crippen LogP contribution is 2.10. The summed E-state index contributed by atoms with van der Waals surface area (Å²) in [5.74, 6) is -8.29. The molecule has 0 rings (SSSR count). The Labute approximate surface area is 266 Å². The maximum Gasteiger partial charge on any atom is 0.326 e. The van der Waals surface area contributed by atoms with Gasteiger partial charge < -0.3 is 59.1 Å². The number of carboxylic acids is 3. The lowest BCUT2D eigenvalue weighted by Crippen LogP contribution is -2.58. The largest absolute Gasteiger partial charge is 0.481 e. The molecule has 4 amide bonds. The zero-order valence-electron chi connectivity index (χ0n) is 26.2. The number of hydrogen-bond donors (Lipinski definition) is 12. The SMILES string of the molecule is CC(C)C[C@H](NC(=O)[C@H](CCC(=O)O)NC(=O)[C@H](N)CCCCN)C(=O)N[C@@H](CCCNC(=N)N)C(=O)N[C@@H](CC(=O)O)C(=O)O. The van der Waals surface area contributed by atoms with Crippen LogP contribution in [0.1, 0.15) is 71.6 Å². The summed E-state index contributed by atoms with van der Waals surface area (Å²) in [6.07, 6.45) is -0.173. The van der Waals surface area contributed by atoms with Crippen LogP contribution < -0.4 is 43.8 Å². The third kappa shape index (κ3) is 18.3. The molecule has 19 heteroatoms. The fourth-order valence-corrected chi connectivity index (χ4v) is 4.15. The minimum atomic E-state index is -1.80. The molecular formula is C27H49N9O10. The zero-order chi connectivity index (χ0) is 35.4. The van der Waals surface area contributed by atoms with Crippen LogP contribution in [0.15, 0.2) is 0 Å². The van der Waals surface area contributed by atoms with E-state index in [9.17, 15) is 38.7 Å². The smallest absolute Gasteiger partial charge is 0.326 e. The number of carbonyl (C=O) groups excluding carboxylic acids is 4. The number of rotatable bonds is 24. The van der Waals surface area contributed by atoms with Crippen LogP contribution in [0.3, 0.4) is 0 Å². The molecule has 0 fully saturated rings. The van der Waals surface area contributed by atoms with Gasteiger partial charge in [-0.2, -0.15) is 0 Å². The molecule has 0 radical (unpaired) electrons. The first kappa shape index (κ1) is 41.5. The minimum absolute atomic E-state index is 0.0484. The maximum absolute atomic E-state index is 13.4. The van der Waals surface area contributed by atoms with Gasteiger partial charge in [-0.1, -0.05) is 20.3 Å². The Hall–Kier alpha value is -4.52. The summed E-state index contributed by atoms with van der Waals surface area (Å²) in [5.41, 5.74) is 16.6. The van der Waals surface area contributed by atoms with Crippen molar-refractivity contribution in [2.45, 2.75) is 102 Å². The van der Waals surface area contributed by atoms with Gasteiger partial charge in [-0.05, 0) is 51.0 Å². The number of aliphatic carboxylic acids is 3. The van der Waals surface area contributed by atoms with E-state index in [1.165, 1.54) is 0 Å². The lowest BCUT2D eigenvalue weighted by atomic mass is 10.0. The van der Waals surface area contributed by atoms with Crippen LogP contribution in [-0.4, -0.2) is 106 Å². The second kappa shape index (κ2) is 22.1. The van der Waals surface area contributed by atoms with Crippen molar-refractivity contribution < 1.29 is 48.9 Å². The number of guanidine groups is 1. The summed E-state index contributed by atoms with van der Waals surface area (Å²) < 4.78 is 0. The molecule has 15 N–H and O–H groups in total. The predicted octanol–water partition coefficient (Wildman–Crippen LogP) is -2.88. The number of carboxylic acid groups (broad SMARTS) is 3. The molecule has 19 nitrogen and oxygen atoms in total. The van der Waals surface area contributed by atoms with Crippen LogP contribution in [0, 0.1) is 11.3 Å². The zero-order valence-corrected chi connectivity index (χ0v) is 26.2. The van der Waals surface area contributed by atoms with Crippen LogP contribution in [-0.2, 0) is 33.6 Å². The Kier molecular flexibility index (Phi) is 19.9. The van der Waals surface area contributed by atoms with Crippen LogP contribution >= 0.6 is 0 Å². The van der Waals surface area contributed by atoms with Gasteiger partial charge in [-0.25, -0.2) is 4.79 Å². The van der Waals surface area contributed by atoms with E-state index < -0.39 is 84.6 Å². The van der Waals surface area contributed by atoms with Crippen LogP contribution in [0.2, 0.25) is 0 Å². The molecule has 0 heterocycles. The lowest BCUT2D eigenvalue weighted by Gasteiger charge is -2.27. The standard InChI is InChI=1S/C27H49N9O10/c1-14(2)12-18(35-24(43)17(8-9-20(37)38)33-22(41)15(29)6-3-4-10-28)25(44)34-16(7-5-11-32-27(30)31)23(42)36-19(26(45)46)13-21(39)40/h14-19H,3-13,28-29H2,1-2H3,(H,33,41)(H,34,44)(H,35,43)(H,36,42)(H,37,38)(H,39,40)(H,45,46)(H4,30,31,32)/t15-,16+,17+,18+,19+/m1/s1. The van der Waals surface area contributed by atoms with Crippen molar-refractivity contribution in [2.75, 3.05) is 13.1 Å². The van der Waals surface area contributed by atoms with E-state index in [0.29, 0.717) is 19.4 Å². The van der Waals surface area contributed by atoms with Crippen molar-refractivity contribution in [2.24, 2.45) is 23.1 Å². The van der Waals surface area contributed by atoms with Crippen molar-refractivity contribution in [3.63, 3.8) is 0 Å². The topological polar surface area (TPSA) is 342 Å². The summed E-state index contributed by atoms with van der Waals surface area (Å²) in [6.45, 7) is 4.00. The molecular weight excluding hydrogens is 610 g/mol. The molecule has 0 aromatic carbocycles. The van der Waals surface area contributed by atoms with Crippen LogP contribution in [0.4, 0.5) is 0 Å². The normalized spacial score (nSPS) is 14.1. The highest BCUT2D eigenvalue weighted by atomic mass is 16.4. The van der Waals surface area contributed by atoms with Crippen molar-refractivity contribution >= 4 is 47.5 Å². The highest BCUT2D eigenvalue weighted by Gasteiger charge is 2.32. The second-order valence-corrected chi connectivity index (χ2v) is 11.1. The van der Waals surface area contributed by atoms with E-state index >= 15 is 0 Å². The van der Waals surface area contributed by atoms with E-state index in [1.807, 2.05) is 0 Å². The molecule has 0 bridgehead atoms. The average Bonchev–Trinajstić information content (AvgIpc) is 2.94. The molecule has 0 aliphatic heterocycles. The van der Waals surface area contributed by atoms with Gasteiger partial charge in [-0.3, -0.25) is 34.2 Å². The van der Waals surface area contributed by atoms with E-state index in [1.54, 1.807) is 13.8 Å². The third-order valence-electron chi connectivity index (χ3n) is 6.54. The van der Waals surface area contributed by atoms with Crippen molar-refractivity contribution in [1.29, 1.82) is 5.41 Å². The summed E-state index contributed by atoms with van der Waals surface area (Å²) in [7, 11) is 0. The van der Waals surface area contributed by atoms with Crippen molar-refractivity contribution in [3.05, 3.63) is 0 Å². The predicted molar refractivity (Wildman–Crippen MR) is 164 cm³/mol. The van der Waals surface area contributed by atoms with Gasteiger partial charge in [0.25, 0.3) is 0 Å². The molecule has 0 aliphatic rings. The molecule has 5 atom stereocenters. The number of carbonyl (C=O) groups is 7. The second-order valence-electron chi connectivity index (χ2n) is 11.1. The Bertz CT molecular complexity index is 1070. The number of nitrogens with one attached hydrogen (secondary N) is 6. The fourth-order valence-electron chi connectivity index (χ4n) is 4.15. The van der Waals surface area contributed by atoms with Gasteiger partial charge in [0.1, 0.15) is 24.2 Å². The number of nitrogens with two attached hydrogens (primary N) is 3. The van der Waals surface area contributed by atoms with E-state index in [0.717, 1.165) is 0 Å². The molecule has 0 saturated carbocycles. The number of unbranched alkanes of at least 4 members (excludes halogenated alkanes) is 1. The average molecular weight is 660 g/mol. The van der Waals surface area contributed by atoms with Gasteiger partial charge in [0.15, 0.2) is 5.96 Å². The Morgan fingerprint density at radius 2 is 1.22 bits per heavy atom. The molecule has 0 aromatic heterocycles. The van der Waals surface area contributed by atoms with Gasteiger partial charge in [0.2, 0.25) is 23.6 Å². The fraction of sp³-hybridized carbons (Fsp3) is 0.704. The third-order valence-corrected chi connectivity index (χ3v) is 6.54. The summed E-state index contributed by atoms with van der Waals surface area (Å²) >= 11 is 0. The Morgan fingerprint density at radius 1 is 0.696 bits per heavy atom. The van der Waals surface area contributed by atoms with Gasteiger partial charge in [-0.15, -0.1) is 0 Å². The first-order chi connectivity index (χ1) is 21.5. The molecule has 0 spiro atoms. The highest BCUT2D eigenvalue weighted by molar-refractivity contribution is 5.96. The summed E-state index contributed by atoms with van der Waals surface area (Å²) in [5, 5.41) is 46.8. The van der Waals surface area contributed by atoms with Crippen molar-refractivity contribution in [3.8, 4) is 0 Å². The molecule has 262 valence electrons. The Morgan fingerprint density at radius 3 is 1.72 bits per heavy atom. The summed E-state index contributed by atoms with van der Waals surface area (Å²) in [6, 6.07) is -6.83. The quantitative estimate of drug-likeness (QED) is 0.0281. The van der Waals surface area contributed by atoms with Gasteiger partial charge in [0, 0.05) is 13.0 Å². The number of hydrogen-bond acceptors (Lipinski definition) is 10. The van der Waals surface area contributed by atoms with E-state index in [2.05, 4.69) is 26.6 Å². The maximum atomic E-state index is 13.4. The number of amides is 4. The summed E-state index contributed by atoms with van der Waals surface area (Å²) in [4.78, 5) is 86.2. The van der Waals surface area contributed by atoms with Crippen LogP contribution in [0.5, 0.6) is 0 Å².